The summed E-state index contributed by atoms with van der Waals surface area (Å²) in [7, 11) is 0. The third-order valence-electron chi connectivity index (χ3n) is 1.80. The Morgan fingerprint density at radius 3 is 2.36 bits per heavy atom. The molecule has 1 nitrogen and oxygen atoms in total. The van der Waals surface area contributed by atoms with Crippen LogP contribution in [0.15, 0.2) is 11.8 Å². The Balaban J connectivity index is 3.53. The standard InChI is InChI=1S/C10H20O/c1-4-5-10(8-11)7-6-9(2)3/h8-9,11H,4-7H2,1-3H3. The lowest BCUT2D eigenvalue weighted by atomic mass is 10.0. The molecule has 0 bridgehead atoms. The van der Waals surface area contributed by atoms with Crippen molar-refractivity contribution in [1.82, 2.24) is 0 Å². The van der Waals surface area contributed by atoms with Gasteiger partial charge in [-0.15, -0.1) is 0 Å². The summed E-state index contributed by atoms with van der Waals surface area (Å²) in [4.78, 5) is 0. The molecule has 0 unspecified atom stereocenters. The van der Waals surface area contributed by atoms with E-state index in [9.17, 15) is 0 Å². The van der Waals surface area contributed by atoms with Crippen LogP contribution in [0.2, 0.25) is 0 Å². The van der Waals surface area contributed by atoms with Crippen molar-refractivity contribution in [3.8, 4) is 0 Å². The summed E-state index contributed by atoms with van der Waals surface area (Å²) in [5, 5.41) is 8.81. The van der Waals surface area contributed by atoms with Gasteiger partial charge in [0, 0.05) is 0 Å². The van der Waals surface area contributed by atoms with Crippen LogP contribution >= 0.6 is 0 Å². The van der Waals surface area contributed by atoms with Gasteiger partial charge in [0.2, 0.25) is 0 Å². The molecule has 0 aliphatic rings. The van der Waals surface area contributed by atoms with E-state index >= 15 is 0 Å². The van der Waals surface area contributed by atoms with Crippen LogP contribution in [0.4, 0.5) is 0 Å². The molecule has 1 N–H and O–H groups in total. The van der Waals surface area contributed by atoms with Crippen LogP contribution in [-0.2, 0) is 0 Å². The van der Waals surface area contributed by atoms with E-state index in [0.29, 0.717) is 0 Å². The minimum atomic E-state index is 0.738. The van der Waals surface area contributed by atoms with Crippen molar-refractivity contribution in [2.45, 2.75) is 46.5 Å². The molecule has 66 valence electrons. The SMILES string of the molecule is CCCC(=CO)CCC(C)C. The fourth-order valence-corrected chi connectivity index (χ4v) is 1.05. The number of rotatable bonds is 5. The first kappa shape index (κ1) is 10.5. The van der Waals surface area contributed by atoms with Crippen LogP contribution in [0.5, 0.6) is 0 Å². The Labute approximate surface area is 70.1 Å². The lowest BCUT2D eigenvalue weighted by molar-refractivity contribution is 0.455. The maximum absolute atomic E-state index is 8.81. The molecular formula is C10H20O. The molecule has 0 spiro atoms. The molecule has 0 heterocycles. The van der Waals surface area contributed by atoms with E-state index in [4.69, 9.17) is 5.11 Å². The molecular weight excluding hydrogens is 136 g/mol. The van der Waals surface area contributed by atoms with Gasteiger partial charge in [0.05, 0.1) is 6.26 Å². The molecule has 0 fully saturated rings. The normalized spacial score (nSPS) is 12.5. The predicted molar refractivity (Wildman–Crippen MR) is 49.7 cm³/mol. The van der Waals surface area contributed by atoms with E-state index in [0.717, 1.165) is 25.2 Å². The molecule has 0 saturated carbocycles. The fourth-order valence-electron chi connectivity index (χ4n) is 1.05. The summed E-state index contributed by atoms with van der Waals surface area (Å²) >= 11 is 0. The zero-order valence-electron chi connectivity index (χ0n) is 7.93. The summed E-state index contributed by atoms with van der Waals surface area (Å²) in [6.45, 7) is 6.56. The Kier molecular flexibility index (Phi) is 6.00. The van der Waals surface area contributed by atoms with Gasteiger partial charge in [0.15, 0.2) is 0 Å². The molecule has 1 heteroatoms. The highest BCUT2D eigenvalue weighted by Gasteiger charge is 1.98. The second kappa shape index (κ2) is 6.26. The van der Waals surface area contributed by atoms with E-state index < -0.39 is 0 Å². The van der Waals surface area contributed by atoms with Crippen LogP contribution in [0, 0.1) is 5.92 Å². The molecule has 0 aliphatic carbocycles. The number of aliphatic hydroxyl groups is 1. The van der Waals surface area contributed by atoms with Crippen molar-refractivity contribution in [2.24, 2.45) is 5.92 Å². The van der Waals surface area contributed by atoms with Crippen LogP contribution in [-0.4, -0.2) is 5.11 Å². The van der Waals surface area contributed by atoms with Crippen molar-refractivity contribution in [1.29, 1.82) is 0 Å². The van der Waals surface area contributed by atoms with E-state index in [1.54, 1.807) is 0 Å². The number of aliphatic hydroxyl groups excluding tert-OH is 1. The van der Waals surface area contributed by atoms with Gasteiger partial charge in [-0.1, -0.05) is 27.2 Å². The summed E-state index contributed by atoms with van der Waals surface area (Å²) < 4.78 is 0. The lowest BCUT2D eigenvalue weighted by Gasteiger charge is -2.06. The first-order valence-corrected chi connectivity index (χ1v) is 4.52. The average molecular weight is 156 g/mol. The molecule has 0 amide bonds. The van der Waals surface area contributed by atoms with Gasteiger partial charge < -0.3 is 5.11 Å². The monoisotopic (exact) mass is 156 g/mol. The largest absolute Gasteiger partial charge is 0.516 e. The van der Waals surface area contributed by atoms with Gasteiger partial charge in [-0.05, 0) is 30.8 Å². The molecule has 0 aliphatic heterocycles. The van der Waals surface area contributed by atoms with Crippen molar-refractivity contribution in [3.63, 3.8) is 0 Å². The highest BCUT2D eigenvalue weighted by atomic mass is 16.2. The minimum Gasteiger partial charge on any atom is -0.516 e. The zero-order valence-corrected chi connectivity index (χ0v) is 7.93. The van der Waals surface area contributed by atoms with E-state index in [1.807, 2.05) is 0 Å². The van der Waals surface area contributed by atoms with Crippen LogP contribution < -0.4 is 0 Å². The van der Waals surface area contributed by atoms with Gasteiger partial charge in [-0.2, -0.15) is 0 Å². The van der Waals surface area contributed by atoms with Gasteiger partial charge in [0.1, 0.15) is 0 Å². The Bertz CT molecular complexity index is 114. The zero-order chi connectivity index (χ0) is 8.69. The van der Waals surface area contributed by atoms with Gasteiger partial charge >= 0.3 is 0 Å². The van der Waals surface area contributed by atoms with Crippen molar-refractivity contribution in [3.05, 3.63) is 11.8 Å². The number of hydrogen-bond donors (Lipinski definition) is 1. The second-order valence-electron chi connectivity index (χ2n) is 3.47. The highest BCUT2D eigenvalue weighted by Crippen LogP contribution is 2.14. The third-order valence-corrected chi connectivity index (χ3v) is 1.80. The molecule has 0 rings (SSSR count). The molecule has 11 heavy (non-hydrogen) atoms. The average Bonchev–Trinajstić information content (AvgIpc) is 1.97. The summed E-state index contributed by atoms with van der Waals surface area (Å²) in [6, 6.07) is 0. The Hall–Kier alpha value is -0.460. The van der Waals surface area contributed by atoms with Crippen LogP contribution in [0.1, 0.15) is 46.5 Å². The Morgan fingerprint density at radius 1 is 1.36 bits per heavy atom. The summed E-state index contributed by atoms with van der Waals surface area (Å²) in [5.41, 5.74) is 1.20. The van der Waals surface area contributed by atoms with E-state index in [2.05, 4.69) is 20.8 Å². The van der Waals surface area contributed by atoms with Crippen LogP contribution in [0.25, 0.3) is 0 Å². The molecule has 0 atom stereocenters. The molecule has 0 saturated heterocycles. The first-order valence-electron chi connectivity index (χ1n) is 4.52. The van der Waals surface area contributed by atoms with Crippen molar-refractivity contribution < 1.29 is 5.11 Å². The summed E-state index contributed by atoms with van der Waals surface area (Å²) in [6.07, 6.45) is 5.70. The highest BCUT2D eigenvalue weighted by molar-refractivity contribution is 4.96. The number of allylic oxidation sites excluding steroid dienone is 1. The third kappa shape index (κ3) is 5.96. The van der Waals surface area contributed by atoms with Crippen molar-refractivity contribution in [2.75, 3.05) is 0 Å². The molecule has 0 aromatic rings. The molecule has 0 aromatic heterocycles. The topological polar surface area (TPSA) is 20.2 Å². The van der Waals surface area contributed by atoms with E-state index in [1.165, 1.54) is 18.3 Å². The molecule has 0 aromatic carbocycles. The smallest absolute Gasteiger partial charge is 0.0783 e. The van der Waals surface area contributed by atoms with Gasteiger partial charge in [-0.3, -0.25) is 0 Å². The first-order chi connectivity index (χ1) is 5.20. The van der Waals surface area contributed by atoms with Gasteiger partial charge in [0.25, 0.3) is 0 Å². The second-order valence-corrected chi connectivity index (χ2v) is 3.47. The van der Waals surface area contributed by atoms with Crippen LogP contribution in [0.3, 0.4) is 0 Å². The lowest BCUT2D eigenvalue weighted by Crippen LogP contribution is -1.90. The maximum atomic E-state index is 8.81. The van der Waals surface area contributed by atoms with Crippen molar-refractivity contribution >= 4 is 0 Å². The minimum absolute atomic E-state index is 0.738. The van der Waals surface area contributed by atoms with Gasteiger partial charge in [-0.25, -0.2) is 0 Å². The number of hydrogen-bond acceptors (Lipinski definition) is 1. The summed E-state index contributed by atoms with van der Waals surface area (Å²) in [5.74, 6) is 0.738. The maximum Gasteiger partial charge on any atom is 0.0783 e. The quantitative estimate of drug-likeness (QED) is 0.602. The molecule has 0 radical (unpaired) electrons. The van der Waals surface area contributed by atoms with E-state index in [-0.39, 0.29) is 0 Å². The fraction of sp³-hybridized carbons (Fsp3) is 0.800. The predicted octanol–water partition coefficient (Wildman–Crippen LogP) is 3.66. The Morgan fingerprint density at radius 2 is 2.00 bits per heavy atom.